The highest BCUT2D eigenvalue weighted by atomic mass is 32.2. The van der Waals surface area contributed by atoms with Crippen molar-refractivity contribution >= 4 is 16.0 Å². The van der Waals surface area contributed by atoms with Crippen molar-refractivity contribution in [3.63, 3.8) is 0 Å². The van der Waals surface area contributed by atoms with Crippen molar-refractivity contribution < 1.29 is 28.2 Å². The van der Waals surface area contributed by atoms with E-state index in [9.17, 15) is 18.3 Å². The Morgan fingerprint density at radius 3 is 2.52 bits per heavy atom. The number of sulfonamides is 1. The topological polar surface area (TPSA) is 104 Å². The predicted molar refractivity (Wildman–Crippen MR) is 76.1 cm³/mol. The van der Waals surface area contributed by atoms with Crippen LogP contribution in [0.3, 0.4) is 0 Å². The molecule has 21 heavy (non-hydrogen) atoms. The molecule has 118 valence electrons. The summed E-state index contributed by atoms with van der Waals surface area (Å²) in [5.74, 6) is -1.85. The van der Waals surface area contributed by atoms with Crippen LogP contribution in [-0.2, 0) is 14.8 Å². The number of aromatic carboxylic acids is 1. The lowest BCUT2D eigenvalue weighted by molar-refractivity contribution is 0.0693. The third-order valence-corrected chi connectivity index (χ3v) is 4.97. The van der Waals surface area contributed by atoms with Crippen molar-refractivity contribution in [3.05, 3.63) is 23.3 Å². The molecule has 1 aromatic rings. The Labute approximate surface area is 123 Å². The molecule has 0 spiro atoms. The second kappa shape index (κ2) is 6.88. The summed E-state index contributed by atoms with van der Waals surface area (Å²) >= 11 is 0. The Hall–Kier alpha value is -1.64. The van der Waals surface area contributed by atoms with Crippen LogP contribution >= 0.6 is 0 Å². The number of aryl methyl sites for hydroxylation is 1. The number of phenols is 1. The SMILES string of the molecule is CCOCCN(C)S(=O)(=O)c1cc(C(=O)O)c(O)cc1C. The van der Waals surface area contributed by atoms with Gasteiger partial charge < -0.3 is 14.9 Å². The van der Waals surface area contributed by atoms with Gasteiger partial charge in [-0.1, -0.05) is 0 Å². The Morgan fingerprint density at radius 2 is 2.00 bits per heavy atom. The molecule has 7 nitrogen and oxygen atoms in total. The minimum absolute atomic E-state index is 0.142. The largest absolute Gasteiger partial charge is 0.507 e. The van der Waals surface area contributed by atoms with Crippen LogP contribution in [-0.4, -0.2) is 55.7 Å². The Balaban J connectivity index is 3.19. The van der Waals surface area contributed by atoms with Crippen LogP contribution in [0.2, 0.25) is 0 Å². The number of benzene rings is 1. The highest BCUT2D eigenvalue weighted by Crippen LogP contribution is 2.27. The fourth-order valence-corrected chi connectivity index (χ4v) is 3.13. The third-order valence-electron chi connectivity index (χ3n) is 2.97. The molecular weight excluding hydrogens is 298 g/mol. The molecule has 0 aromatic heterocycles. The van der Waals surface area contributed by atoms with Gasteiger partial charge in [-0.2, -0.15) is 4.31 Å². The molecule has 0 fully saturated rings. The lowest BCUT2D eigenvalue weighted by Gasteiger charge is -2.19. The Kier molecular flexibility index (Phi) is 5.70. The fourth-order valence-electron chi connectivity index (χ4n) is 1.75. The lowest BCUT2D eigenvalue weighted by Crippen LogP contribution is -2.31. The zero-order valence-corrected chi connectivity index (χ0v) is 13.0. The monoisotopic (exact) mass is 317 g/mol. The summed E-state index contributed by atoms with van der Waals surface area (Å²) < 4.78 is 31.1. The Morgan fingerprint density at radius 1 is 1.38 bits per heavy atom. The lowest BCUT2D eigenvalue weighted by atomic mass is 10.1. The molecule has 0 radical (unpaired) electrons. The number of nitrogens with zero attached hydrogens (tertiary/aromatic N) is 1. The van der Waals surface area contributed by atoms with E-state index in [1.807, 2.05) is 0 Å². The molecule has 0 amide bonds. The number of hydrogen-bond acceptors (Lipinski definition) is 5. The predicted octanol–water partition coefficient (Wildman–Crippen LogP) is 1.06. The van der Waals surface area contributed by atoms with Gasteiger partial charge in [0.05, 0.1) is 11.5 Å². The molecule has 0 bridgehead atoms. The van der Waals surface area contributed by atoms with Gasteiger partial charge in [0.1, 0.15) is 11.3 Å². The third kappa shape index (κ3) is 3.93. The first-order valence-electron chi connectivity index (χ1n) is 6.32. The van der Waals surface area contributed by atoms with Crippen molar-refractivity contribution in [3.8, 4) is 5.75 Å². The van der Waals surface area contributed by atoms with Crippen LogP contribution < -0.4 is 0 Å². The van der Waals surface area contributed by atoms with Gasteiger partial charge in [0, 0.05) is 20.2 Å². The fraction of sp³-hybridized carbons (Fsp3) is 0.462. The smallest absolute Gasteiger partial charge is 0.339 e. The van der Waals surface area contributed by atoms with E-state index in [4.69, 9.17) is 9.84 Å². The summed E-state index contributed by atoms with van der Waals surface area (Å²) in [6, 6.07) is 2.10. The van der Waals surface area contributed by atoms with E-state index in [1.54, 1.807) is 6.92 Å². The molecule has 0 saturated carbocycles. The highest BCUT2D eigenvalue weighted by Gasteiger charge is 2.25. The van der Waals surface area contributed by atoms with Crippen LogP contribution in [0.1, 0.15) is 22.8 Å². The number of rotatable bonds is 7. The van der Waals surface area contributed by atoms with E-state index >= 15 is 0 Å². The van der Waals surface area contributed by atoms with Gasteiger partial charge in [0.25, 0.3) is 0 Å². The molecule has 8 heteroatoms. The molecule has 0 atom stereocenters. The summed E-state index contributed by atoms with van der Waals surface area (Å²) in [5.41, 5.74) is -0.168. The summed E-state index contributed by atoms with van der Waals surface area (Å²) in [4.78, 5) is 10.9. The zero-order chi connectivity index (χ0) is 16.2. The maximum absolute atomic E-state index is 12.4. The van der Waals surface area contributed by atoms with Crippen LogP contribution in [0.25, 0.3) is 0 Å². The van der Waals surface area contributed by atoms with Crippen molar-refractivity contribution in [2.75, 3.05) is 26.8 Å². The second-order valence-electron chi connectivity index (χ2n) is 4.46. The van der Waals surface area contributed by atoms with Crippen LogP contribution in [0.4, 0.5) is 0 Å². The van der Waals surface area contributed by atoms with E-state index < -0.39 is 27.3 Å². The maximum Gasteiger partial charge on any atom is 0.339 e. The first kappa shape index (κ1) is 17.4. The minimum atomic E-state index is -3.84. The Bertz CT molecular complexity index is 626. The minimum Gasteiger partial charge on any atom is -0.507 e. The molecule has 0 unspecified atom stereocenters. The van der Waals surface area contributed by atoms with E-state index in [0.717, 1.165) is 16.4 Å². The van der Waals surface area contributed by atoms with Gasteiger partial charge in [0.15, 0.2) is 0 Å². The number of likely N-dealkylation sites (N-methyl/N-ethyl adjacent to an activating group) is 1. The molecule has 1 aromatic carbocycles. The number of hydrogen-bond donors (Lipinski definition) is 2. The first-order chi connectivity index (χ1) is 9.71. The average Bonchev–Trinajstić information content (AvgIpc) is 2.37. The number of aromatic hydroxyl groups is 1. The van der Waals surface area contributed by atoms with Gasteiger partial charge in [-0.15, -0.1) is 0 Å². The van der Waals surface area contributed by atoms with Crippen molar-refractivity contribution in [1.82, 2.24) is 4.31 Å². The maximum atomic E-state index is 12.4. The van der Waals surface area contributed by atoms with Crippen molar-refractivity contribution in [2.45, 2.75) is 18.7 Å². The van der Waals surface area contributed by atoms with Crippen LogP contribution in [0.5, 0.6) is 5.75 Å². The van der Waals surface area contributed by atoms with Gasteiger partial charge in [0.2, 0.25) is 10.0 Å². The van der Waals surface area contributed by atoms with E-state index in [-0.39, 0.29) is 23.6 Å². The highest BCUT2D eigenvalue weighted by molar-refractivity contribution is 7.89. The van der Waals surface area contributed by atoms with E-state index in [2.05, 4.69) is 0 Å². The van der Waals surface area contributed by atoms with Crippen LogP contribution in [0, 0.1) is 6.92 Å². The van der Waals surface area contributed by atoms with E-state index in [0.29, 0.717) is 6.61 Å². The van der Waals surface area contributed by atoms with Crippen LogP contribution in [0.15, 0.2) is 17.0 Å². The van der Waals surface area contributed by atoms with Gasteiger partial charge in [-0.25, -0.2) is 13.2 Å². The summed E-state index contributed by atoms with van der Waals surface area (Å²) in [6.07, 6.45) is 0. The number of carboxylic acids is 1. The molecule has 0 heterocycles. The number of carbonyl (C=O) groups is 1. The van der Waals surface area contributed by atoms with Crippen molar-refractivity contribution in [2.24, 2.45) is 0 Å². The summed E-state index contributed by atoms with van der Waals surface area (Å²) in [5, 5.41) is 18.5. The molecule has 0 aliphatic rings. The van der Waals surface area contributed by atoms with Gasteiger partial charge in [-0.05, 0) is 31.5 Å². The number of ether oxygens (including phenoxy) is 1. The summed E-state index contributed by atoms with van der Waals surface area (Å²) in [6.45, 7) is 4.18. The second-order valence-corrected chi connectivity index (χ2v) is 6.48. The first-order valence-corrected chi connectivity index (χ1v) is 7.76. The molecule has 1 rings (SSSR count). The summed E-state index contributed by atoms with van der Waals surface area (Å²) in [7, 11) is -2.45. The average molecular weight is 317 g/mol. The number of carboxylic acid groups (broad SMARTS) is 1. The molecule has 0 saturated heterocycles. The molecular formula is C13H19NO6S. The molecule has 0 aliphatic carbocycles. The van der Waals surface area contributed by atoms with Gasteiger partial charge >= 0.3 is 5.97 Å². The van der Waals surface area contributed by atoms with Gasteiger partial charge in [-0.3, -0.25) is 0 Å². The quantitative estimate of drug-likeness (QED) is 0.729. The standard InChI is InChI=1S/C13H19NO6S/c1-4-20-6-5-14(3)21(18,19)12-8-10(13(16)17)11(15)7-9(12)2/h7-8,15H,4-6H2,1-3H3,(H,16,17). The molecule has 2 N–H and O–H groups in total. The van der Waals surface area contributed by atoms with E-state index in [1.165, 1.54) is 14.0 Å². The molecule has 0 aliphatic heterocycles. The van der Waals surface area contributed by atoms with Crippen molar-refractivity contribution in [1.29, 1.82) is 0 Å². The normalized spacial score (nSPS) is 11.8. The zero-order valence-electron chi connectivity index (χ0n) is 12.2.